The van der Waals surface area contributed by atoms with Gasteiger partial charge >= 0.3 is 6.03 Å². The van der Waals surface area contributed by atoms with Crippen molar-refractivity contribution in [2.45, 2.75) is 64.5 Å². The summed E-state index contributed by atoms with van der Waals surface area (Å²) in [5.41, 5.74) is 0.271. The highest BCUT2D eigenvalue weighted by Crippen LogP contribution is 2.45. The Bertz CT molecular complexity index is 800. The van der Waals surface area contributed by atoms with Crippen molar-refractivity contribution in [2.75, 3.05) is 20.3 Å². The maximum absolute atomic E-state index is 13.2. The summed E-state index contributed by atoms with van der Waals surface area (Å²) in [6.45, 7) is 6.74. The lowest BCUT2D eigenvalue weighted by Gasteiger charge is -2.42. The number of carbonyl (C=O) groups is 3. The largest absolute Gasteiger partial charge is 0.382 e. The second kappa shape index (κ2) is 9.39. The Kier molecular flexibility index (Phi) is 7.04. The van der Waals surface area contributed by atoms with Crippen molar-refractivity contribution >= 4 is 17.8 Å². The lowest BCUT2D eigenvalue weighted by molar-refractivity contribution is -0.136. The maximum atomic E-state index is 13.2. The van der Waals surface area contributed by atoms with E-state index in [-0.39, 0.29) is 29.8 Å². The van der Waals surface area contributed by atoms with Crippen LogP contribution in [0.15, 0.2) is 30.3 Å². The van der Waals surface area contributed by atoms with Gasteiger partial charge in [0.1, 0.15) is 12.1 Å². The molecule has 1 saturated heterocycles. The van der Waals surface area contributed by atoms with E-state index in [0.29, 0.717) is 25.4 Å². The van der Waals surface area contributed by atoms with Gasteiger partial charge in [-0.3, -0.25) is 14.5 Å². The van der Waals surface area contributed by atoms with E-state index in [2.05, 4.69) is 31.4 Å². The number of ether oxygens (including phenoxy) is 1. The summed E-state index contributed by atoms with van der Waals surface area (Å²) in [5, 5.41) is 5.80. The van der Waals surface area contributed by atoms with E-state index in [4.69, 9.17) is 4.74 Å². The number of methoxy groups -OCH3 is 1. The highest BCUT2D eigenvalue weighted by atomic mass is 16.5. The van der Waals surface area contributed by atoms with E-state index in [0.717, 1.165) is 29.7 Å². The molecule has 170 valence electrons. The summed E-state index contributed by atoms with van der Waals surface area (Å²) in [6, 6.07) is 8.67. The summed E-state index contributed by atoms with van der Waals surface area (Å²) in [7, 11) is 1.57. The smallest absolute Gasteiger partial charge is 0.325 e. The van der Waals surface area contributed by atoms with Crippen molar-refractivity contribution in [3.63, 3.8) is 0 Å². The van der Waals surface area contributed by atoms with Gasteiger partial charge in [0, 0.05) is 7.11 Å². The zero-order valence-corrected chi connectivity index (χ0v) is 19.1. The average Bonchev–Trinajstić information content (AvgIpc) is 2.98. The third-order valence-corrected chi connectivity index (χ3v) is 7.27. The first-order chi connectivity index (χ1) is 14.7. The number of urea groups is 1. The number of imide groups is 1. The molecular formula is C24H35N3O4. The molecule has 1 heterocycles. The van der Waals surface area contributed by atoms with Gasteiger partial charge in [0.2, 0.25) is 5.91 Å². The summed E-state index contributed by atoms with van der Waals surface area (Å²) in [6.07, 6.45) is 4.13. The average molecular weight is 430 g/mol. The van der Waals surface area contributed by atoms with Crippen LogP contribution in [0.25, 0.3) is 0 Å². The zero-order valence-electron chi connectivity index (χ0n) is 19.1. The third-order valence-electron chi connectivity index (χ3n) is 7.27. The Balaban J connectivity index is 1.63. The summed E-state index contributed by atoms with van der Waals surface area (Å²) in [4.78, 5) is 39.5. The van der Waals surface area contributed by atoms with Gasteiger partial charge in [-0.1, -0.05) is 57.5 Å². The fraction of sp³-hybridized carbons (Fsp3) is 0.625. The van der Waals surface area contributed by atoms with Gasteiger partial charge in [0.25, 0.3) is 5.91 Å². The van der Waals surface area contributed by atoms with E-state index in [9.17, 15) is 14.4 Å². The van der Waals surface area contributed by atoms with Crippen LogP contribution in [0.4, 0.5) is 4.79 Å². The van der Waals surface area contributed by atoms with Crippen molar-refractivity contribution in [2.24, 2.45) is 11.3 Å². The van der Waals surface area contributed by atoms with Gasteiger partial charge in [0.15, 0.2) is 0 Å². The van der Waals surface area contributed by atoms with Gasteiger partial charge < -0.3 is 15.4 Å². The fourth-order valence-electron chi connectivity index (χ4n) is 4.80. The molecule has 2 fully saturated rings. The van der Waals surface area contributed by atoms with Crippen LogP contribution in [-0.2, 0) is 14.3 Å². The Morgan fingerprint density at radius 2 is 1.90 bits per heavy atom. The summed E-state index contributed by atoms with van der Waals surface area (Å²) in [5.74, 6) is -0.124. The number of carbonyl (C=O) groups excluding carboxylic acids is 3. The van der Waals surface area contributed by atoms with Crippen LogP contribution in [0.1, 0.15) is 64.5 Å². The molecule has 7 heteroatoms. The monoisotopic (exact) mass is 429 g/mol. The molecule has 1 aliphatic heterocycles. The van der Waals surface area contributed by atoms with E-state index in [1.54, 1.807) is 7.11 Å². The molecule has 0 aromatic heterocycles. The van der Waals surface area contributed by atoms with Crippen LogP contribution >= 0.6 is 0 Å². The molecule has 2 aliphatic rings. The van der Waals surface area contributed by atoms with Crippen molar-refractivity contribution in [1.29, 1.82) is 0 Å². The quantitative estimate of drug-likeness (QED) is 0.620. The predicted octanol–water partition coefficient (Wildman–Crippen LogP) is 3.41. The topological polar surface area (TPSA) is 87.7 Å². The molecule has 0 bridgehead atoms. The van der Waals surface area contributed by atoms with E-state index in [1.165, 1.54) is 0 Å². The minimum Gasteiger partial charge on any atom is -0.382 e. The molecule has 31 heavy (non-hydrogen) atoms. The number of benzene rings is 1. The minimum atomic E-state index is -0.858. The van der Waals surface area contributed by atoms with Gasteiger partial charge in [0.05, 0.1) is 12.6 Å². The standard InChI is InChI=1S/C24H35N3O4/c1-5-23(2,3)18-11-13-24(14-12-18)21(29)27(22(30)26-24)15-20(28)25-19(16-31-4)17-9-7-6-8-10-17/h6-10,18-19H,5,11-16H2,1-4H3,(H,25,28)(H,26,30). The second-order valence-corrected chi connectivity index (χ2v) is 9.51. The Hall–Kier alpha value is -2.41. The van der Waals surface area contributed by atoms with Crippen molar-refractivity contribution in [3.8, 4) is 0 Å². The van der Waals surface area contributed by atoms with Crippen LogP contribution in [-0.4, -0.2) is 48.5 Å². The number of amides is 4. The zero-order chi connectivity index (χ0) is 22.6. The Labute approximate surface area is 184 Å². The molecule has 1 spiro atoms. The first-order valence-corrected chi connectivity index (χ1v) is 11.2. The first kappa shape index (κ1) is 23.3. The normalized spacial score (nSPS) is 24.9. The van der Waals surface area contributed by atoms with Gasteiger partial charge in [-0.05, 0) is 42.6 Å². The van der Waals surface area contributed by atoms with Crippen molar-refractivity contribution in [3.05, 3.63) is 35.9 Å². The molecule has 4 amide bonds. The molecule has 1 unspecified atom stereocenters. The van der Waals surface area contributed by atoms with Crippen LogP contribution in [0.3, 0.4) is 0 Å². The van der Waals surface area contributed by atoms with Crippen LogP contribution in [0, 0.1) is 11.3 Å². The highest BCUT2D eigenvalue weighted by molar-refractivity contribution is 6.09. The molecule has 1 aliphatic carbocycles. The molecule has 1 aromatic rings. The Morgan fingerprint density at radius 1 is 1.26 bits per heavy atom. The molecule has 1 atom stereocenters. The number of nitrogens with one attached hydrogen (secondary N) is 2. The van der Waals surface area contributed by atoms with Gasteiger partial charge in [-0.2, -0.15) is 0 Å². The van der Waals surface area contributed by atoms with E-state index in [1.807, 2.05) is 30.3 Å². The van der Waals surface area contributed by atoms with Gasteiger partial charge in [-0.25, -0.2) is 4.79 Å². The summed E-state index contributed by atoms with van der Waals surface area (Å²) < 4.78 is 5.23. The Morgan fingerprint density at radius 3 is 2.48 bits per heavy atom. The number of hydrogen-bond acceptors (Lipinski definition) is 4. The van der Waals surface area contributed by atoms with Gasteiger partial charge in [-0.15, -0.1) is 0 Å². The lowest BCUT2D eigenvalue weighted by Crippen LogP contribution is -2.51. The van der Waals surface area contributed by atoms with E-state index >= 15 is 0 Å². The summed E-state index contributed by atoms with van der Waals surface area (Å²) >= 11 is 0. The predicted molar refractivity (Wildman–Crippen MR) is 118 cm³/mol. The SMILES string of the molecule is CCC(C)(C)C1CCC2(CC1)NC(=O)N(CC(=O)NC(COC)c1ccccc1)C2=O. The lowest BCUT2D eigenvalue weighted by atomic mass is 9.65. The van der Waals surface area contributed by atoms with Crippen molar-refractivity contribution in [1.82, 2.24) is 15.5 Å². The molecule has 1 saturated carbocycles. The van der Waals surface area contributed by atoms with Crippen molar-refractivity contribution < 1.29 is 19.1 Å². The molecule has 1 aromatic carbocycles. The molecule has 0 radical (unpaired) electrons. The second-order valence-electron chi connectivity index (χ2n) is 9.51. The molecule has 2 N–H and O–H groups in total. The van der Waals surface area contributed by atoms with Crippen LogP contribution in [0.5, 0.6) is 0 Å². The highest BCUT2D eigenvalue weighted by Gasteiger charge is 2.53. The number of rotatable bonds is 8. The third kappa shape index (κ3) is 4.92. The fourth-order valence-corrected chi connectivity index (χ4v) is 4.80. The van der Waals surface area contributed by atoms with E-state index < -0.39 is 11.6 Å². The number of nitrogens with zero attached hydrogens (tertiary/aromatic N) is 1. The molecular weight excluding hydrogens is 394 g/mol. The first-order valence-electron chi connectivity index (χ1n) is 11.2. The maximum Gasteiger partial charge on any atom is 0.325 e. The number of hydrogen-bond donors (Lipinski definition) is 2. The minimum absolute atomic E-state index is 0.223. The van der Waals surface area contributed by atoms with Crippen LogP contribution < -0.4 is 10.6 Å². The molecule has 3 rings (SSSR count). The van der Waals surface area contributed by atoms with Crippen LogP contribution in [0.2, 0.25) is 0 Å². The molecule has 7 nitrogen and oxygen atoms in total.